The molecule has 1 heterocycles. The van der Waals surface area contributed by atoms with Crippen LogP contribution in [0.4, 0.5) is 0 Å². The largest absolute Gasteiger partial charge is 0.497 e. The number of guanidine groups is 1. The van der Waals surface area contributed by atoms with E-state index in [1.54, 1.807) is 14.2 Å². The van der Waals surface area contributed by atoms with E-state index in [1.807, 2.05) is 42.8 Å². The first kappa shape index (κ1) is 24.1. The number of aryl methyl sites for hydroxylation is 3. The molecule has 0 amide bonds. The molecule has 1 aromatic heterocycles. The van der Waals surface area contributed by atoms with E-state index < -0.39 is 0 Å². The summed E-state index contributed by atoms with van der Waals surface area (Å²) in [6, 6.07) is 9.68. The number of aliphatic imine (C=N–C) groups is 1. The van der Waals surface area contributed by atoms with Crippen LogP contribution in [0.15, 0.2) is 35.3 Å². The lowest BCUT2D eigenvalue weighted by Gasteiger charge is -2.18. The average molecular weight is 501 g/mol. The van der Waals surface area contributed by atoms with Gasteiger partial charge in [-0.05, 0) is 57.5 Å². The van der Waals surface area contributed by atoms with Crippen LogP contribution in [0.25, 0.3) is 0 Å². The highest BCUT2D eigenvalue weighted by Crippen LogP contribution is 2.17. The van der Waals surface area contributed by atoms with Crippen molar-refractivity contribution < 1.29 is 9.47 Å². The Bertz CT molecular complexity index is 731. The van der Waals surface area contributed by atoms with Crippen LogP contribution in [0.5, 0.6) is 11.5 Å². The van der Waals surface area contributed by atoms with Crippen LogP contribution in [0, 0.1) is 13.8 Å². The normalized spacial score (nSPS) is 12.1. The number of methoxy groups -OCH3 is 1. The Morgan fingerprint density at radius 2 is 1.86 bits per heavy atom. The summed E-state index contributed by atoms with van der Waals surface area (Å²) in [4.78, 5) is 4.26. The van der Waals surface area contributed by atoms with Gasteiger partial charge in [-0.2, -0.15) is 5.10 Å². The molecule has 0 saturated carbocycles. The smallest absolute Gasteiger partial charge is 0.191 e. The topological polar surface area (TPSA) is 72.7 Å². The van der Waals surface area contributed by atoms with Crippen LogP contribution < -0.4 is 20.1 Å². The monoisotopic (exact) mass is 501 g/mol. The molecule has 0 saturated heterocycles. The SMILES string of the molecule is CN=C(NCCCn1nc(C)cc1C)NCC(C)Oc1ccc(OC)cc1.I. The molecule has 7 nitrogen and oxygen atoms in total. The molecular weight excluding hydrogens is 469 g/mol. The number of benzene rings is 1. The van der Waals surface area contributed by atoms with Gasteiger partial charge in [0.1, 0.15) is 17.6 Å². The summed E-state index contributed by atoms with van der Waals surface area (Å²) in [5.74, 6) is 2.41. The Labute approximate surface area is 184 Å². The molecular formula is C20H32IN5O2. The maximum atomic E-state index is 5.90. The number of nitrogens with one attached hydrogen (secondary N) is 2. The lowest BCUT2D eigenvalue weighted by Crippen LogP contribution is -2.42. The Kier molecular flexibility index (Phi) is 10.7. The van der Waals surface area contributed by atoms with Crippen molar-refractivity contribution in [1.82, 2.24) is 20.4 Å². The van der Waals surface area contributed by atoms with E-state index in [-0.39, 0.29) is 30.1 Å². The summed E-state index contributed by atoms with van der Waals surface area (Å²) >= 11 is 0. The highest BCUT2D eigenvalue weighted by atomic mass is 127. The molecule has 1 aromatic carbocycles. The van der Waals surface area contributed by atoms with Gasteiger partial charge in [-0.25, -0.2) is 0 Å². The third-order valence-corrected chi connectivity index (χ3v) is 4.12. The van der Waals surface area contributed by atoms with Crippen molar-refractivity contribution in [1.29, 1.82) is 0 Å². The molecule has 2 aromatic rings. The molecule has 0 aliphatic heterocycles. The molecule has 8 heteroatoms. The summed E-state index contributed by atoms with van der Waals surface area (Å²) < 4.78 is 13.1. The van der Waals surface area contributed by atoms with Gasteiger partial charge in [-0.15, -0.1) is 24.0 Å². The van der Waals surface area contributed by atoms with Crippen molar-refractivity contribution in [3.8, 4) is 11.5 Å². The Morgan fingerprint density at radius 3 is 2.43 bits per heavy atom. The molecule has 0 fully saturated rings. The summed E-state index contributed by atoms with van der Waals surface area (Å²) in [6.45, 7) is 8.49. The number of hydrogen-bond donors (Lipinski definition) is 2. The summed E-state index contributed by atoms with van der Waals surface area (Å²) in [5.41, 5.74) is 2.25. The molecule has 156 valence electrons. The van der Waals surface area contributed by atoms with Gasteiger partial charge in [0.05, 0.1) is 19.3 Å². The highest BCUT2D eigenvalue weighted by molar-refractivity contribution is 14.0. The van der Waals surface area contributed by atoms with E-state index in [1.165, 1.54) is 5.69 Å². The van der Waals surface area contributed by atoms with E-state index in [2.05, 4.69) is 33.7 Å². The third-order valence-electron chi connectivity index (χ3n) is 4.12. The van der Waals surface area contributed by atoms with Crippen LogP contribution in [0.2, 0.25) is 0 Å². The van der Waals surface area contributed by atoms with Crippen molar-refractivity contribution in [2.24, 2.45) is 4.99 Å². The van der Waals surface area contributed by atoms with Crippen LogP contribution in [-0.2, 0) is 6.54 Å². The third kappa shape index (κ3) is 7.95. The lowest BCUT2D eigenvalue weighted by atomic mass is 10.3. The average Bonchev–Trinajstić information content (AvgIpc) is 2.99. The van der Waals surface area contributed by atoms with Crippen molar-refractivity contribution in [2.45, 2.75) is 39.8 Å². The standard InChI is InChI=1S/C20H31N5O2.HI/c1-15-13-16(2)25(24-15)12-6-11-22-20(21-4)23-14-17(3)27-19-9-7-18(26-5)8-10-19;/h7-10,13,17H,6,11-12,14H2,1-5H3,(H2,21,22,23);1H. The summed E-state index contributed by atoms with van der Waals surface area (Å²) in [7, 11) is 3.42. The van der Waals surface area contributed by atoms with Crippen LogP contribution >= 0.6 is 24.0 Å². The summed E-state index contributed by atoms with van der Waals surface area (Å²) in [5, 5.41) is 11.1. The maximum Gasteiger partial charge on any atom is 0.191 e. The van der Waals surface area contributed by atoms with Crippen molar-refractivity contribution in [3.63, 3.8) is 0 Å². The molecule has 0 aliphatic rings. The first-order valence-electron chi connectivity index (χ1n) is 9.28. The number of halogens is 1. The quantitative estimate of drug-likeness (QED) is 0.239. The Balaban J connectivity index is 0.00000392. The Morgan fingerprint density at radius 1 is 1.18 bits per heavy atom. The molecule has 0 aliphatic carbocycles. The number of nitrogens with zero attached hydrogens (tertiary/aromatic N) is 3. The minimum absolute atomic E-state index is 0. The molecule has 1 unspecified atom stereocenters. The second-order valence-electron chi connectivity index (χ2n) is 6.49. The van der Waals surface area contributed by atoms with E-state index in [4.69, 9.17) is 9.47 Å². The fourth-order valence-corrected chi connectivity index (χ4v) is 2.73. The minimum Gasteiger partial charge on any atom is -0.497 e. The second kappa shape index (κ2) is 12.5. The zero-order chi connectivity index (χ0) is 19.6. The van der Waals surface area contributed by atoms with Crippen LogP contribution in [-0.4, -0.2) is 49.1 Å². The highest BCUT2D eigenvalue weighted by Gasteiger charge is 2.06. The number of aromatic nitrogens is 2. The van der Waals surface area contributed by atoms with Gasteiger partial charge in [0.2, 0.25) is 0 Å². The van der Waals surface area contributed by atoms with E-state index >= 15 is 0 Å². The van der Waals surface area contributed by atoms with Gasteiger partial charge in [-0.1, -0.05) is 0 Å². The molecule has 0 radical (unpaired) electrons. The van der Waals surface area contributed by atoms with Gasteiger partial charge < -0.3 is 20.1 Å². The minimum atomic E-state index is 0. The maximum absolute atomic E-state index is 5.90. The van der Waals surface area contributed by atoms with Gasteiger partial charge in [0.25, 0.3) is 0 Å². The predicted octanol–water partition coefficient (Wildman–Crippen LogP) is 3.15. The zero-order valence-electron chi connectivity index (χ0n) is 17.4. The van der Waals surface area contributed by atoms with E-state index in [9.17, 15) is 0 Å². The van der Waals surface area contributed by atoms with Gasteiger partial charge in [0.15, 0.2) is 5.96 Å². The molecule has 1 atom stereocenters. The Hall–Kier alpha value is -1.97. The molecule has 2 N–H and O–H groups in total. The van der Waals surface area contributed by atoms with Crippen LogP contribution in [0.3, 0.4) is 0 Å². The zero-order valence-corrected chi connectivity index (χ0v) is 19.7. The lowest BCUT2D eigenvalue weighted by molar-refractivity contribution is 0.223. The number of rotatable bonds is 9. The van der Waals surface area contributed by atoms with Gasteiger partial charge in [0, 0.05) is 25.8 Å². The first-order valence-corrected chi connectivity index (χ1v) is 9.28. The predicted molar refractivity (Wildman–Crippen MR) is 124 cm³/mol. The fourth-order valence-electron chi connectivity index (χ4n) is 2.73. The van der Waals surface area contributed by atoms with Crippen LogP contribution in [0.1, 0.15) is 24.7 Å². The molecule has 0 spiro atoms. The fraction of sp³-hybridized carbons (Fsp3) is 0.500. The van der Waals surface area contributed by atoms with Crippen molar-refractivity contribution in [2.75, 3.05) is 27.2 Å². The van der Waals surface area contributed by atoms with E-state index in [0.717, 1.165) is 42.7 Å². The molecule has 28 heavy (non-hydrogen) atoms. The van der Waals surface area contributed by atoms with Gasteiger partial charge >= 0.3 is 0 Å². The molecule has 0 bridgehead atoms. The van der Waals surface area contributed by atoms with Crippen molar-refractivity contribution in [3.05, 3.63) is 41.7 Å². The molecule has 2 rings (SSSR count). The summed E-state index contributed by atoms with van der Waals surface area (Å²) in [6.07, 6.45) is 0.979. The number of hydrogen-bond acceptors (Lipinski definition) is 4. The second-order valence-corrected chi connectivity index (χ2v) is 6.49. The van der Waals surface area contributed by atoms with Crippen molar-refractivity contribution >= 4 is 29.9 Å². The number of ether oxygens (including phenoxy) is 2. The first-order chi connectivity index (χ1) is 13.0. The van der Waals surface area contributed by atoms with Gasteiger partial charge in [-0.3, -0.25) is 9.67 Å². The van der Waals surface area contributed by atoms with E-state index in [0.29, 0.717) is 6.54 Å².